The van der Waals surface area contributed by atoms with Crippen LogP contribution in [0.15, 0.2) is 48.5 Å². The van der Waals surface area contributed by atoms with Gasteiger partial charge in [0.25, 0.3) is 5.91 Å². The molecule has 28 heavy (non-hydrogen) atoms. The Morgan fingerprint density at radius 1 is 1.07 bits per heavy atom. The summed E-state index contributed by atoms with van der Waals surface area (Å²) in [5, 5.41) is 2.77. The van der Waals surface area contributed by atoms with Crippen LogP contribution in [0.2, 0.25) is 0 Å². The normalized spacial score (nSPS) is 10.4. The molecular formula is C21H20FN3O3. The van der Waals surface area contributed by atoms with E-state index in [4.69, 9.17) is 9.47 Å². The zero-order valence-electron chi connectivity index (χ0n) is 15.8. The molecule has 0 saturated heterocycles. The molecule has 0 bridgehead atoms. The molecule has 3 rings (SSSR count). The molecule has 1 aromatic heterocycles. The number of nitrogens with zero attached hydrogens (tertiary/aromatic N) is 2. The van der Waals surface area contributed by atoms with E-state index in [0.717, 1.165) is 5.56 Å². The minimum Gasteiger partial charge on any atom is -0.495 e. The second-order valence-corrected chi connectivity index (χ2v) is 6.22. The molecule has 0 unspecified atom stereocenters. The first kappa shape index (κ1) is 19.3. The number of aromatic nitrogens is 2. The quantitative estimate of drug-likeness (QED) is 0.700. The van der Waals surface area contributed by atoms with Gasteiger partial charge in [-0.2, -0.15) is 4.98 Å². The minimum absolute atomic E-state index is 0.226. The van der Waals surface area contributed by atoms with Gasteiger partial charge in [0.05, 0.1) is 12.8 Å². The summed E-state index contributed by atoms with van der Waals surface area (Å²) in [6.45, 7) is 3.49. The highest BCUT2D eigenvalue weighted by molar-refractivity contribution is 5.93. The van der Waals surface area contributed by atoms with Gasteiger partial charge in [0, 0.05) is 17.3 Å². The molecule has 144 valence electrons. The maximum Gasteiger partial charge on any atom is 0.262 e. The minimum atomic E-state index is -0.344. The Labute approximate surface area is 162 Å². The highest BCUT2D eigenvalue weighted by Crippen LogP contribution is 2.25. The highest BCUT2D eigenvalue weighted by atomic mass is 19.1. The molecule has 6 nitrogen and oxygen atoms in total. The fraction of sp³-hybridized carbons (Fsp3) is 0.190. The van der Waals surface area contributed by atoms with Crippen molar-refractivity contribution in [1.29, 1.82) is 0 Å². The van der Waals surface area contributed by atoms with Crippen LogP contribution in [0.3, 0.4) is 0 Å². The van der Waals surface area contributed by atoms with Crippen LogP contribution in [0.25, 0.3) is 11.4 Å². The summed E-state index contributed by atoms with van der Waals surface area (Å²) < 4.78 is 23.9. The molecule has 0 fully saturated rings. The van der Waals surface area contributed by atoms with Crippen molar-refractivity contribution in [3.05, 3.63) is 65.6 Å². The average Bonchev–Trinajstić information content (AvgIpc) is 2.67. The summed E-state index contributed by atoms with van der Waals surface area (Å²) in [6.07, 6.45) is 0. The topological polar surface area (TPSA) is 73.3 Å². The standard InChI is InChI=1S/C21H20FN3O3/c1-13-4-9-18(27-3)17(10-13)24-19(26)12-28-20-11-14(2)23-21(25-20)15-5-7-16(22)8-6-15/h4-11H,12H2,1-3H3,(H,24,26). The molecule has 3 aromatic rings. The van der Waals surface area contributed by atoms with E-state index >= 15 is 0 Å². The number of halogens is 1. The first-order valence-electron chi connectivity index (χ1n) is 8.63. The first-order valence-corrected chi connectivity index (χ1v) is 8.63. The second kappa shape index (κ2) is 8.47. The Morgan fingerprint density at radius 3 is 2.54 bits per heavy atom. The average molecular weight is 381 g/mol. The monoisotopic (exact) mass is 381 g/mol. The smallest absolute Gasteiger partial charge is 0.262 e. The van der Waals surface area contributed by atoms with Crippen molar-refractivity contribution in [3.8, 4) is 23.0 Å². The van der Waals surface area contributed by atoms with Crippen molar-refractivity contribution in [2.45, 2.75) is 13.8 Å². The summed E-state index contributed by atoms with van der Waals surface area (Å²) in [5.74, 6) is 0.545. The lowest BCUT2D eigenvalue weighted by molar-refractivity contribution is -0.118. The summed E-state index contributed by atoms with van der Waals surface area (Å²) in [7, 11) is 1.54. The lowest BCUT2D eigenvalue weighted by Gasteiger charge is -2.12. The van der Waals surface area contributed by atoms with E-state index in [0.29, 0.717) is 28.5 Å². The van der Waals surface area contributed by atoms with Gasteiger partial charge in [-0.25, -0.2) is 9.37 Å². The maximum atomic E-state index is 13.1. The van der Waals surface area contributed by atoms with E-state index in [2.05, 4.69) is 15.3 Å². The van der Waals surface area contributed by atoms with Crippen molar-refractivity contribution in [3.63, 3.8) is 0 Å². The van der Waals surface area contributed by atoms with Gasteiger partial charge >= 0.3 is 0 Å². The summed E-state index contributed by atoms with van der Waals surface area (Å²) in [4.78, 5) is 20.9. The lowest BCUT2D eigenvalue weighted by atomic mass is 10.2. The van der Waals surface area contributed by atoms with Crippen LogP contribution >= 0.6 is 0 Å². The maximum absolute atomic E-state index is 13.1. The second-order valence-electron chi connectivity index (χ2n) is 6.22. The molecule has 1 amide bonds. The van der Waals surface area contributed by atoms with Gasteiger partial charge in [0.15, 0.2) is 12.4 Å². The zero-order valence-corrected chi connectivity index (χ0v) is 15.8. The number of carbonyl (C=O) groups is 1. The van der Waals surface area contributed by atoms with Gasteiger partial charge in [-0.05, 0) is 55.8 Å². The molecule has 1 N–H and O–H groups in total. The van der Waals surface area contributed by atoms with Gasteiger partial charge in [-0.1, -0.05) is 6.07 Å². The van der Waals surface area contributed by atoms with Gasteiger partial charge in [-0.15, -0.1) is 0 Å². The molecule has 0 atom stereocenters. The number of ether oxygens (including phenoxy) is 2. The third-order valence-corrected chi connectivity index (χ3v) is 3.91. The van der Waals surface area contributed by atoms with Crippen molar-refractivity contribution >= 4 is 11.6 Å². The number of rotatable bonds is 6. The highest BCUT2D eigenvalue weighted by Gasteiger charge is 2.11. The molecule has 0 radical (unpaired) electrons. The molecule has 1 heterocycles. The number of benzene rings is 2. The number of amides is 1. The van der Waals surface area contributed by atoms with Gasteiger partial charge in [0.2, 0.25) is 5.88 Å². The van der Waals surface area contributed by atoms with E-state index in [9.17, 15) is 9.18 Å². The number of carbonyl (C=O) groups excluding carboxylic acids is 1. The van der Waals surface area contributed by atoms with Crippen LogP contribution in [-0.2, 0) is 4.79 Å². The van der Waals surface area contributed by atoms with Gasteiger partial charge in [-0.3, -0.25) is 4.79 Å². The molecule has 0 spiro atoms. The number of nitrogens with one attached hydrogen (secondary N) is 1. The molecule has 2 aromatic carbocycles. The van der Waals surface area contributed by atoms with Crippen molar-refractivity contribution < 1.29 is 18.7 Å². The van der Waals surface area contributed by atoms with Crippen LogP contribution < -0.4 is 14.8 Å². The SMILES string of the molecule is COc1ccc(C)cc1NC(=O)COc1cc(C)nc(-c2ccc(F)cc2)n1. The Kier molecular flexibility index (Phi) is 5.84. The van der Waals surface area contributed by atoms with Gasteiger partial charge in [0.1, 0.15) is 11.6 Å². The molecule has 0 aliphatic carbocycles. The molecule has 0 aliphatic heterocycles. The van der Waals surface area contributed by atoms with E-state index in [1.165, 1.54) is 19.2 Å². The molecule has 7 heteroatoms. The Balaban J connectivity index is 1.70. The lowest BCUT2D eigenvalue weighted by Crippen LogP contribution is -2.21. The summed E-state index contributed by atoms with van der Waals surface area (Å²) >= 11 is 0. The molecular weight excluding hydrogens is 361 g/mol. The van der Waals surface area contributed by atoms with Crippen LogP contribution in [0, 0.1) is 19.7 Å². The Bertz CT molecular complexity index is 991. The first-order chi connectivity index (χ1) is 13.4. The van der Waals surface area contributed by atoms with E-state index in [1.54, 1.807) is 31.2 Å². The van der Waals surface area contributed by atoms with Gasteiger partial charge < -0.3 is 14.8 Å². The predicted octanol–water partition coefficient (Wildman–Crippen LogP) is 3.93. The van der Waals surface area contributed by atoms with Crippen molar-refractivity contribution in [1.82, 2.24) is 9.97 Å². The number of hydrogen-bond donors (Lipinski definition) is 1. The Morgan fingerprint density at radius 2 is 1.82 bits per heavy atom. The number of aryl methyl sites for hydroxylation is 2. The zero-order chi connectivity index (χ0) is 20.1. The Hall–Kier alpha value is -3.48. The van der Waals surface area contributed by atoms with Crippen LogP contribution in [0.1, 0.15) is 11.3 Å². The van der Waals surface area contributed by atoms with Crippen LogP contribution in [0.4, 0.5) is 10.1 Å². The largest absolute Gasteiger partial charge is 0.495 e. The number of hydrogen-bond acceptors (Lipinski definition) is 5. The molecule has 0 saturated carbocycles. The third-order valence-electron chi connectivity index (χ3n) is 3.91. The number of anilines is 1. The fourth-order valence-corrected chi connectivity index (χ4v) is 2.59. The summed E-state index contributed by atoms with van der Waals surface area (Å²) in [5.41, 5.74) is 2.89. The van der Waals surface area contributed by atoms with Crippen molar-refractivity contribution in [2.24, 2.45) is 0 Å². The van der Waals surface area contributed by atoms with Crippen LogP contribution in [0.5, 0.6) is 11.6 Å². The predicted molar refractivity (Wildman–Crippen MR) is 104 cm³/mol. The fourth-order valence-electron chi connectivity index (χ4n) is 2.59. The van der Waals surface area contributed by atoms with E-state index < -0.39 is 0 Å². The molecule has 0 aliphatic rings. The third kappa shape index (κ3) is 4.82. The van der Waals surface area contributed by atoms with Crippen LogP contribution in [-0.4, -0.2) is 29.6 Å². The van der Waals surface area contributed by atoms with E-state index in [1.807, 2.05) is 19.1 Å². The summed E-state index contributed by atoms with van der Waals surface area (Å²) in [6, 6.07) is 13.0. The number of methoxy groups -OCH3 is 1. The van der Waals surface area contributed by atoms with E-state index in [-0.39, 0.29) is 24.2 Å². The van der Waals surface area contributed by atoms with Crippen molar-refractivity contribution in [2.75, 3.05) is 19.0 Å².